The van der Waals surface area contributed by atoms with E-state index in [4.69, 9.17) is 0 Å². The van der Waals surface area contributed by atoms with Gasteiger partial charge in [-0.25, -0.2) is 0 Å². The maximum Gasteiger partial charge on any atom is 0.269 e. The summed E-state index contributed by atoms with van der Waals surface area (Å²) in [6.45, 7) is 7.01. The van der Waals surface area contributed by atoms with Crippen LogP contribution in [-0.4, -0.2) is 58.8 Å². The Labute approximate surface area is 187 Å². The third-order valence-corrected chi connectivity index (χ3v) is 6.22. The molecule has 8 heteroatoms. The monoisotopic (exact) mass is 436 g/mol. The van der Waals surface area contributed by atoms with Gasteiger partial charge >= 0.3 is 0 Å². The topological polar surface area (TPSA) is 87.0 Å². The second kappa shape index (κ2) is 8.98. The van der Waals surface area contributed by atoms with E-state index in [1.807, 2.05) is 29.2 Å². The molecule has 0 radical (unpaired) electrons. The summed E-state index contributed by atoms with van der Waals surface area (Å²) in [5.41, 5.74) is 2.64. The highest BCUT2D eigenvalue weighted by Gasteiger charge is 2.38. The van der Waals surface area contributed by atoms with Gasteiger partial charge in [0.25, 0.3) is 11.6 Å². The van der Waals surface area contributed by atoms with Crippen LogP contribution < -0.4 is 4.90 Å². The molecule has 0 saturated carbocycles. The van der Waals surface area contributed by atoms with Crippen molar-refractivity contribution in [3.63, 3.8) is 0 Å². The van der Waals surface area contributed by atoms with Crippen LogP contribution in [0.25, 0.3) is 0 Å². The molecule has 2 aromatic rings. The summed E-state index contributed by atoms with van der Waals surface area (Å²) in [5, 5.41) is 10.9. The predicted octanol–water partition coefficient (Wildman–Crippen LogP) is 3.31. The van der Waals surface area contributed by atoms with E-state index >= 15 is 0 Å². The lowest BCUT2D eigenvalue weighted by Gasteiger charge is -2.39. The van der Waals surface area contributed by atoms with Crippen molar-refractivity contribution < 1.29 is 14.5 Å². The van der Waals surface area contributed by atoms with E-state index in [2.05, 4.69) is 18.7 Å². The van der Waals surface area contributed by atoms with Crippen LogP contribution in [0, 0.1) is 16.0 Å². The normalized spacial score (nSPS) is 17.0. The number of piperazine rings is 1. The van der Waals surface area contributed by atoms with Gasteiger partial charge in [-0.15, -0.1) is 0 Å². The van der Waals surface area contributed by atoms with Crippen LogP contribution in [0.3, 0.4) is 0 Å². The minimum Gasteiger partial charge on any atom is -0.368 e. The van der Waals surface area contributed by atoms with Crippen LogP contribution >= 0.6 is 0 Å². The molecule has 0 bridgehead atoms. The zero-order chi connectivity index (χ0) is 22.8. The molecule has 2 aliphatic heterocycles. The molecule has 2 heterocycles. The average molecular weight is 437 g/mol. The third-order valence-electron chi connectivity index (χ3n) is 6.22. The fourth-order valence-corrected chi connectivity index (χ4v) is 4.52. The molecule has 8 nitrogen and oxygen atoms in total. The molecule has 4 rings (SSSR count). The SMILES string of the molecule is CC(C)C[C@@H](C(=O)N1CCN(c2ccc([N+](=O)[O-])cc2)CC1)N1Cc2ccccc2C1=O. The number of nitrogens with zero attached hydrogens (tertiary/aromatic N) is 4. The highest BCUT2D eigenvalue weighted by molar-refractivity contribution is 6.01. The summed E-state index contributed by atoms with van der Waals surface area (Å²) in [5.74, 6) is 0.217. The molecule has 0 N–H and O–H groups in total. The van der Waals surface area contributed by atoms with E-state index in [1.54, 1.807) is 17.0 Å². The van der Waals surface area contributed by atoms with Gasteiger partial charge in [-0.05, 0) is 36.1 Å². The fraction of sp³-hybridized carbons (Fsp3) is 0.417. The van der Waals surface area contributed by atoms with Crippen molar-refractivity contribution in [1.29, 1.82) is 0 Å². The van der Waals surface area contributed by atoms with E-state index in [0.29, 0.717) is 44.7 Å². The highest BCUT2D eigenvalue weighted by atomic mass is 16.6. The molecule has 0 aromatic heterocycles. The van der Waals surface area contributed by atoms with Gasteiger partial charge in [0.2, 0.25) is 5.91 Å². The predicted molar refractivity (Wildman–Crippen MR) is 121 cm³/mol. The number of nitro benzene ring substituents is 1. The summed E-state index contributed by atoms with van der Waals surface area (Å²) < 4.78 is 0. The molecule has 2 amide bonds. The van der Waals surface area contributed by atoms with Crippen LogP contribution in [0.15, 0.2) is 48.5 Å². The molecular weight excluding hydrogens is 408 g/mol. The Balaban J connectivity index is 1.44. The number of carbonyl (C=O) groups is 2. The molecule has 1 atom stereocenters. The molecule has 32 heavy (non-hydrogen) atoms. The van der Waals surface area contributed by atoms with Crippen molar-refractivity contribution in [1.82, 2.24) is 9.80 Å². The van der Waals surface area contributed by atoms with Gasteiger partial charge in [0.15, 0.2) is 0 Å². The minimum atomic E-state index is -0.471. The van der Waals surface area contributed by atoms with Gasteiger partial charge in [0.1, 0.15) is 6.04 Å². The summed E-state index contributed by atoms with van der Waals surface area (Å²) in [6, 6.07) is 13.6. The van der Waals surface area contributed by atoms with Crippen molar-refractivity contribution in [2.45, 2.75) is 32.9 Å². The summed E-state index contributed by atoms with van der Waals surface area (Å²) in [7, 11) is 0. The Morgan fingerprint density at radius 2 is 1.69 bits per heavy atom. The Hall–Kier alpha value is -3.42. The first-order valence-electron chi connectivity index (χ1n) is 11.0. The molecule has 1 saturated heterocycles. The van der Waals surface area contributed by atoms with Gasteiger partial charge in [0, 0.05) is 56.1 Å². The lowest BCUT2D eigenvalue weighted by Crippen LogP contribution is -2.55. The Bertz CT molecular complexity index is 1010. The number of amides is 2. The zero-order valence-corrected chi connectivity index (χ0v) is 18.4. The van der Waals surface area contributed by atoms with Crippen molar-refractivity contribution in [2.24, 2.45) is 5.92 Å². The second-order valence-corrected chi connectivity index (χ2v) is 8.82. The van der Waals surface area contributed by atoms with Gasteiger partial charge < -0.3 is 14.7 Å². The van der Waals surface area contributed by atoms with Crippen LogP contribution in [0.5, 0.6) is 0 Å². The highest BCUT2D eigenvalue weighted by Crippen LogP contribution is 2.28. The number of carbonyl (C=O) groups excluding carboxylic acids is 2. The van der Waals surface area contributed by atoms with Gasteiger partial charge in [0.05, 0.1) is 4.92 Å². The lowest BCUT2D eigenvalue weighted by molar-refractivity contribution is -0.384. The smallest absolute Gasteiger partial charge is 0.269 e. The Kier molecular flexibility index (Phi) is 6.12. The van der Waals surface area contributed by atoms with Crippen LogP contribution in [0.2, 0.25) is 0 Å². The molecular formula is C24H28N4O4. The molecule has 0 unspecified atom stereocenters. The molecule has 1 fully saturated rings. The molecule has 0 spiro atoms. The van der Waals surface area contributed by atoms with E-state index in [9.17, 15) is 19.7 Å². The van der Waals surface area contributed by atoms with Gasteiger partial charge in [-0.2, -0.15) is 0 Å². The zero-order valence-electron chi connectivity index (χ0n) is 18.4. The van der Waals surface area contributed by atoms with E-state index in [1.165, 1.54) is 12.1 Å². The van der Waals surface area contributed by atoms with E-state index < -0.39 is 11.0 Å². The van der Waals surface area contributed by atoms with Crippen LogP contribution in [0.1, 0.15) is 36.2 Å². The van der Waals surface area contributed by atoms with Crippen molar-refractivity contribution >= 4 is 23.2 Å². The summed E-state index contributed by atoms with van der Waals surface area (Å²) >= 11 is 0. The number of anilines is 1. The maximum atomic E-state index is 13.5. The van der Waals surface area contributed by atoms with Crippen molar-refractivity contribution in [3.05, 3.63) is 69.8 Å². The molecule has 2 aromatic carbocycles. The van der Waals surface area contributed by atoms with Crippen LogP contribution in [0.4, 0.5) is 11.4 Å². The van der Waals surface area contributed by atoms with Gasteiger partial charge in [-0.3, -0.25) is 19.7 Å². The first-order valence-corrected chi connectivity index (χ1v) is 11.0. The fourth-order valence-electron chi connectivity index (χ4n) is 4.52. The Morgan fingerprint density at radius 1 is 1.03 bits per heavy atom. The number of hydrogen-bond donors (Lipinski definition) is 0. The third kappa shape index (κ3) is 4.30. The van der Waals surface area contributed by atoms with E-state index in [0.717, 1.165) is 11.3 Å². The second-order valence-electron chi connectivity index (χ2n) is 8.82. The van der Waals surface area contributed by atoms with Gasteiger partial charge in [-0.1, -0.05) is 32.0 Å². The first-order chi connectivity index (χ1) is 15.3. The Morgan fingerprint density at radius 3 is 2.28 bits per heavy atom. The molecule has 168 valence electrons. The maximum absolute atomic E-state index is 13.5. The molecule has 0 aliphatic carbocycles. The van der Waals surface area contributed by atoms with Crippen molar-refractivity contribution in [2.75, 3.05) is 31.1 Å². The van der Waals surface area contributed by atoms with Crippen molar-refractivity contribution in [3.8, 4) is 0 Å². The minimum absolute atomic E-state index is 0.00297. The number of nitro groups is 1. The summed E-state index contributed by atoms with van der Waals surface area (Å²) in [6.07, 6.45) is 0.626. The van der Waals surface area contributed by atoms with Crippen LogP contribution in [-0.2, 0) is 11.3 Å². The lowest BCUT2D eigenvalue weighted by atomic mass is 10.0. The number of non-ortho nitro benzene ring substituents is 1. The first kappa shape index (κ1) is 21.8. The molecule has 2 aliphatic rings. The van der Waals surface area contributed by atoms with E-state index in [-0.39, 0.29) is 23.4 Å². The average Bonchev–Trinajstić information content (AvgIpc) is 3.13. The summed E-state index contributed by atoms with van der Waals surface area (Å²) in [4.78, 5) is 42.7. The number of benzene rings is 2. The largest absolute Gasteiger partial charge is 0.368 e. The quantitative estimate of drug-likeness (QED) is 0.512. The number of hydrogen-bond acceptors (Lipinski definition) is 5. The standard InChI is InChI=1S/C24H28N4O4/c1-17(2)15-22(27-16-18-5-3-4-6-21(18)23(27)29)24(30)26-13-11-25(12-14-26)19-7-9-20(10-8-19)28(31)32/h3-10,17,22H,11-16H2,1-2H3/t22-/m0/s1. The number of rotatable bonds is 6. The number of fused-ring (bicyclic) bond motifs is 1.